The number of aromatic nitrogens is 4. The van der Waals surface area contributed by atoms with Crippen LogP contribution in [0.4, 0.5) is 0 Å². The highest BCUT2D eigenvalue weighted by Gasteiger charge is 2.30. The molecule has 0 saturated carbocycles. The minimum Gasteiger partial charge on any atom is -0.494 e. The SMILES string of the molecule is COc1cnc(C(=O)N2CCC(N(C)Cc3ncccn3)C2)nc1. The van der Waals surface area contributed by atoms with Crippen molar-refractivity contribution in [3.8, 4) is 5.75 Å². The Labute approximate surface area is 140 Å². The van der Waals surface area contributed by atoms with Gasteiger partial charge in [0.15, 0.2) is 5.75 Å². The van der Waals surface area contributed by atoms with Crippen LogP contribution in [0.15, 0.2) is 30.9 Å². The second-order valence-corrected chi connectivity index (χ2v) is 5.72. The van der Waals surface area contributed by atoms with Crippen LogP contribution in [0, 0.1) is 0 Å². The van der Waals surface area contributed by atoms with Crippen molar-refractivity contribution in [1.29, 1.82) is 0 Å². The maximum atomic E-state index is 12.5. The first-order chi connectivity index (χ1) is 11.7. The summed E-state index contributed by atoms with van der Waals surface area (Å²) in [6.07, 6.45) is 7.40. The van der Waals surface area contributed by atoms with E-state index in [-0.39, 0.29) is 17.8 Å². The average molecular weight is 328 g/mol. The van der Waals surface area contributed by atoms with E-state index in [0.29, 0.717) is 25.4 Å². The molecule has 0 aliphatic carbocycles. The number of hydrogen-bond acceptors (Lipinski definition) is 7. The molecule has 1 aliphatic rings. The van der Waals surface area contributed by atoms with Gasteiger partial charge in [0.05, 0.1) is 26.0 Å². The van der Waals surface area contributed by atoms with Gasteiger partial charge in [-0.2, -0.15) is 0 Å². The highest BCUT2D eigenvalue weighted by atomic mass is 16.5. The van der Waals surface area contributed by atoms with Gasteiger partial charge >= 0.3 is 0 Å². The fourth-order valence-corrected chi connectivity index (χ4v) is 2.72. The lowest BCUT2D eigenvalue weighted by Crippen LogP contribution is -2.37. The number of amides is 1. The van der Waals surface area contributed by atoms with E-state index >= 15 is 0 Å². The first-order valence-electron chi connectivity index (χ1n) is 7.79. The fraction of sp³-hybridized carbons (Fsp3) is 0.438. The topological polar surface area (TPSA) is 84.3 Å². The third-order valence-corrected chi connectivity index (χ3v) is 4.14. The normalized spacial score (nSPS) is 17.3. The number of carbonyl (C=O) groups excluding carboxylic acids is 1. The molecule has 0 aromatic carbocycles. The lowest BCUT2D eigenvalue weighted by molar-refractivity contribution is 0.0767. The number of carbonyl (C=O) groups is 1. The highest BCUT2D eigenvalue weighted by molar-refractivity contribution is 5.90. The molecule has 1 fully saturated rings. The standard InChI is InChI=1S/C16H20N6O2/c1-21(11-14-17-5-3-6-18-14)12-4-7-22(10-12)16(23)15-19-8-13(24-2)9-20-15/h3,5-6,8-9,12H,4,7,10-11H2,1-2H3. The molecular formula is C16H20N6O2. The van der Waals surface area contributed by atoms with Crippen LogP contribution >= 0.6 is 0 Å². The van der Waals surface area contributed by atoms with Crippen molar-refractivity contribution in [2.45, 2.75) is 19.0 Å². The molecule has 1 amide bonds. The zero-order chi connectivity index (χ0) is 16.9. The molecule has 1 saturated heterocycles. The molecule has 2 aromatic heterocycles. The van der Waals surface area contributed by atoms with E-state index < -0.39 is 0 Å². The van der Waals surface area contributed by atoms with Crippen LogP contribution in [0.25, 0.3) is 0 Å². The van der Waals surface area contributed by atoms with Crippen molar-refractivity contribution in [3.63, 3.8) is 0 Å². The van der Waals surface area contributed by atoms with E-state index in [1.54, 1.807) is 23.4 Å². The largest absolute Gasteiger partial charge is 0.494 e. The smallest absolute Gasteiger partial charge is 0.291 e. The van der Waals surface area contributed by atoms with Crippen LogP contribution in [0.1, 0.15) is 22.9 Å². The van der Waals surface area contributed by atoms with Crippen molar-refractivity contribution in [1.82, 2.24) is 29.7 Å². The molecule has 1 unspecified atom stereocenters. The van der Waals surface area contributed by atoms with Crippen molar-refractivity contribution in [3.05, 3.63) is 42.5 Å². The molecule has 8 nitrogen and oxygen atoms in total. The quantitative estimate of drug-likeness (QED) is 0.795. The van der Waals surface area contributed by atoms with Gasteiger partial charge in [-0.25, -0.2) is 19.9 Å². The van der Waals surface area contributed by atoms with Gasteiger partial charge in [-0.3, -0.25) is 9.69 Å². The predicted molar refractivity (Wildman–Crippen MR) is 86.4 cm³/mol. The fourth-order valence-electron chi connectivity index (χ4n) is 2.72. The van der Waals surface area contributed by atoms with Crippen molar-refractivity contribution in [2.75, 3.05) is 27.2 Å². The third-order valence-electron chi connectivity index (χ3n) is 4.14. The number of likely N-dealkylation sites (tertiary alicyclic amines) is 1. The molecule has 3 heterocycles. The lowest BCUT2D eigenvalue weighted by atomic mass is 10.2. The third kappa shape index (κ3) is 3.65. The summed E-state index contributed by atoms with van der Waals surface area (Å²) in [5.41, 5.74) is 0. The van der Waals surface area contributed by atoms with E-state index in [2.05, 4.69) is 24.8 Å². The molecule has 24 heavy (non-hydrogen) atoms. The molecule has 3 rings (SSSR count). The van der Waals surface area contributed by atoms with Gasteiger partial charge in [-0.15, -0.1) is 0 Å². The van der Waals surface area contributed by atoms with Crippen LogP contribution in [0.2, 0.25) is 0 Å². The minimum atomic E-state index is -0.149. The first-order valence-corrected chi connectivity index (χ1v) is 7.79. The summed E-state index contributed by atoms with van der Waals surface area (Å²) in [6.45, 7) is 2.00. The second-order valence-electron chi connectivity index (χ2n) is 5.72. The molecule has 0 N–H and O–H groups in total. The Hall–Kier alpha value is -2.61. The predicted octanol–water partition coefficient (Wildman–Crippen LogP) is 0.622. The van der Waals surface area contributed by atoms with Gasteiger partial charge in [0.25, 0.3) is 5.91 Å². The summed E-state index contributed by atoms with van der Waals surface area (Å²) in [5.74, 6) is 1.37. The van der Waals surface area contributed by atoms with E-state index in [1.165, 1.54) is 19.5 Å². The summed E-state index contributed by atoms with van der Waals surface area (Å²) in [7, 11) is 3.57. The average Bonchev–Trinajstić information content (AvgIpc) is 3.12. The molecule has 0 radical (unpaired) electrons. The van der Waals surface area contributed by atoms with Crippen LogP contribution in [-0.4, -0.2) is 68.9 Å². The summed E-state index contributed by atoms with van der Waals surface area (Å²) in [5, 5.41) is 0. The summed E-state index contributed by atoms with van der Waals surface area (Å²) in [6, 6.07) is 2.07. The Morgan fingerprint density at radius 3 is 2.67 bits per heavy atom. The summed E-state index contributed by atoms with van der Waals surface area (Å²) < 4.78 is 5.01. The molecular weight excluding hydrogens is 308 g/mol. The van der Waals surface area contributed by atoms with E-state index in [1.807, 2.05) is 7.05 Å². The Kier molecular flexibility index (Phi) is 4.95. The molecule has 1 aliphatic heterocycles. The monoisotopic (exact) mass is 328 g/mol. The van der Waals surface area contributed by atoms with Crippen LogP contribution in [-0.2, 0) is 6.54 Å². The molecule has 126 valence electrons. The van der Waals surface area contributed by atoms with Crippen LogP contribution in [0.3, 0.4) is 0 Å². The molecule has 8 heteroatoms. The number of nitrogens with zero attached hydrogens (tertiary/aromatic N) is 6. The number of likely N-dealkylation sites (N-methyl/N-ethyl adjacent to an activating group) is 1. The Morgan fingerprint density at radius 2 is 2.00 bits per heavy atom. The van der Waals surface area contributed by atoms with E-state index in [9.17, 15) is 4.79 Å². The van der Waals surface area contributed by atoms with Gasteiger partial charge in [-0.1, -0.05) is 0 Å². The molecule has 0 spiro atoms. The van der Waals surface area contributed by atoms with Crippen LogP contribution < -0.4 is 4.74 Å². The lowest BCUT2D eigenvalue weighted by Gasteiger charge is -2.23. The van der Waals surface area contributed by atoms with Crippen LogP contribution in [0.5, 0.6) is 5.75 Å². The van der Waals surface area contributed by atoms with Gasteiger partial charge in [0.2, 0.25) is 5.82 Å². The summed E-state index contributed by atoms with van der Waals surface area (Å²) >= 11 is 0. The second kappa shape index (κ2) is 7.31. The van der Waals surface area contributed by atoms with E-state index in [4.69, 9.17) is 4.74 Å². The Balaban J connectivity index is 1.58. The Morgan fingerprint density at radius 1 is 1.29 bits per heavy atom. The number of ether oxygens (including phenoxy) is 1. The zero-order valence-electron chi connectivity index (χ0n) is 13.8. The molecule has 1 atom stereocenters. The van der Waals surface area contributed by atoms with Gasteiger partial charge in [-0.05, 0) is 19.5 Å². The summed E-state index contributed by atoms with van der Waals surface area (Å²) in [4.78, 5) is 33.1. The maximum Gasteiger partial charge on any atom is 0.291 e. The molecule has 2 aromatic rings. The maximum absolute atomic E-state index is 12.5. The number of hydrogen-bond donors (Lipinski definition) is 0. The number of methoxy groups -OCH3 is 1. The number of rotatable bonds is 5. The first kappa shape index (κ1) is 16.3. The van der Waals surface area contributed by atoms with Gasteiger partial charge in [0, 0.05) is 31.5 Å². The highest BCUT2D eigenvalue weighted by Crippen LogP contribution is 2.17. The Bertz CT molecular complexity index is 679. The van der Waals surface area contributed by atoms with E-state index in [0.717, 1.165) is 12.2 Å². The molecule has 0 bridgehead atoms. The van der Waals surface area contributed by atoms with Gasteiger partial charge < -0.3 is 9.64 Å². The van der Waals surface area contributed by atoms with Gasteiger partial charge in [0.1, 0.15) is 5.82 Å². The van der Waals surface area contributed by atoms with Crippen molar-refractivity contribution >= 4 is 5.91 Å². The minimum absolute atomic E-state index is 0.149. The zero-order valence-corrected chi connectivity index (χ0v) is 13.8. The van der Waals surface area contributed by atoms with Crippen molar-refractivity contribution in [2.24, 2.45) is 0 Å². The van der Waals surface area contributed by atoms with Crippen molar-refractivity contribution < 1.29 is 9.53 Å².